The first-order valence-electron chi connectivity index (χ1n) is 30.0. The van der Waals surface area contributed by atoms with E-state index in [0.29, 0.717) is 17.4 Å². The molecule has 0 aliphatic heterocycles. The number of hydrogen-bond acceptors (Lipinski definition) is 7. The van der Waals surface area contributed by atoms with Gasteiger partial charge in [-0.1, -0.05) is 230 Å². The van der Waals surface area contributed by atoms with Gasteiger partial charge in [0.2, 0.25) is 5.91 Å². The molecule has 0 saturated carbocycles. The minimum absolute atomic E-state index is 0.0245. The van der Waals surface area contributed by atoms with E-state index in [1.54, 1.807) is 0 Å². The van der Waals surface area contributed by atoms with Crippen LogP contribution < -0.4 is 10.2 Å². The molecule has 3 unspecified atom stereocenters. The normalized spacial score (nSPS) is 14.1. The van der Waals surface area contributed by atoms with E-state index in [-0.39, 0.29) is 24.9 Å². The molecule has 71 heavy (non-hydrogen) atoms. The number of hydrogen-bond donors (Lipinski definition) is 1. The number of amides is 1. The lowest BCUT2D eigenvalue weighted by Gasteiger charge is -2.30. The molecule has 0 spiro atoms. The van der Waals surface area contributed by atoms with E-state index in [0.717, 1.165) is 77.0 Å². The van der Waals surface area contributed by atoms with E-state index in [4.69, 9.17) is 13.8 Å². The monoisotopic (exact) mass is 1020 g/mol. The van der Waals surface area contributed by atoms with Gasteiger partial charge < -0.3 is 28.5 Å². The van der Waals surface area contributed by atoms with Crippen LogP contribution in [0.15, 0.2) is 48.6 Å². The topological polar surface area (TPSA) is 114 Å². The first-order valence-corrected chi connectivity index (χ1v) is 31.4. The Balaban J connectivity index is 5.26. The van der Waals surface area contributed by atoms with Crippen molar-refractivity contribution in [3.63, 3.8) is 0 Å². The molecule has 0 aromatic heterocycles. The van der Waals surface area contributed by atoms with Crippen molar-refractivity contribution in [3.8, 4) is 0 Å². The Kier molecular flexibility index (Phi) is 50.0. The number of rotatable bonds is 54. The van der Waals surface area contributed by atoms with Crippen LogP contribution in [0.25, 0.3) is 0 Å². The van der Waals surface area contributed by atoms with Gasteiger partial charge in [-0.15, -0.1) is 0 Å². The molecule has 0 saturated heterocycles. The van der Waals surface area contributed by atoms with E-state index >= 15 is 0 Å². The van der Waals surface area contributed by atoms with Crippen LogP contribution in [-0.2, 0) is 27.9 Å². The van der Waals surface area contributed by atoms with Gasteiger partial charge >= 0.3 is 5.97 Å². The number of esters is 1. The number of nitrogens with one attached hydrogen (secondary N) is 1. The molecule has 0 aliphatic rings. The quantitative estimate of drug-likeness (QED) is 0.0161. The maximum atomic E-state index is 13.5. The molecule has 0 aliphatic carbocycles. The van der Waals surface area contributed by atoms with Crippen molar-refractivity contribution in [2.24, 2.45) is 0 Å². The molecule has 0 radical (unpaired) electrons. The van der Waals surface area contributed by atoms with E-state index in [2.05, 4.69) is 62.5 Å². The fourth-order valence-electron chi connectivity index (χ4n) is 8.57. The first kappa shape index (κ1) is 69.0. The number of phosphoric acid groups is 1. The van der Waals surface area contributed by atoms with E-state index in [1.807, 2.05) is 33.3 Å². The summed E-state index contributed by atoms with van der Waals surface area (Å²) in [5.74, 6) is -0.552. The fourth-order valence-corrected chi connectivity index (χ4v) is 9.29. The predicted molar refractivity (Wildman–Crippen MR) is 302 cm³/mol. The van der Waals surface area contributed by atoms with E-state index in [1.165, 1.54) is 167 Å². The maximum Gasteiger partial charge on any atom is 0.306 e. The molecule has 0 rings (SSSR count). The van der Waals surface area contributed by atoms with E-state index in [9.17, 15) is 19.0 Å². The smallest absolute Gasteiger partial charge is 0.306 e. The number of carbonyl (C=O) groups is 2. The highest BCUT2D eigenvalue weighted by Crippen LogP contribution is 2.38. The highest BCUT2D eigenvalue weighted by Gasteiger charge is 2.27. The summed E-state index contributed by atoms with van der Waals surface area (Å²) in [6.45, 7) is 6.81. The number of quaternary nitrogens is 1. The first-order chi connectivity index (χ1) is 34.4. The van der Waals surface area contributed by atoms with Gasteiger partial charge in [-0.2, -0.15) is 0 Å². The van der Waals surface area contributed by atoms with Gasteiger partial charge in [0.05, 0.1) is 33.8 Å². The standard InChI is InChI=1S/C61H115N2O7P/c1-7-10-13-16-19-22-25-27-29-30-31-32-34-35-38-41-44-47-50-53-60(64)62-58(57-69-71(66,67)68-56-55-63(4,5)6)59(52-49-46-43-40-37-24-21-18-15-12-9-3)70-61(65)54-51-48-45-42-39-36-33-28-26-23-20-17-14-11-8-2/h20,23,26-29,49,52,58-59H,7-19,21-22,24-25,30-48,50-51,53-57H2,1-6H3,(H-,62,64,66,67)/b23-20+,28-26+,29-27+,52-49-. The summed E-state index contributed by atoms with van der Waals surface area (Å²) in [4.78, 5) is 39.9. The van der Waals surface area contributed by atoms with Crippen LogP contribution in [-0.4, -0.2) is 69.4 Å². The van der Waals surface area contributed by atoms with Gasteiger partial charge in [0.25, 0.3) is 7.82 Å². The van der Waals surface area contributed by atoms with Crippen molar-refractivity contribution in [1.82, 2.24) is 5.32 Å². The summed E-state index contributed by atoms with van der Waals surface area (Å²) in [6.07, 6.45) is 62.1. The van der Waals surface area contributed by atoms with Crippen LogP contribution in [0.3, 0.4) is 0 Å². The second-order valence-electron chi connectivity index (χ2n) is 21.5. The molecular weight excluding hydrogens is 904 g/mol. The van der Waals surface area contributed by atoms with Crippen LogP contribution in [0.1, 0.15) is 278 Å². The average Bonchev–Trinajstić information content (AvgIpc) is 3.33. The lowest BCUT2D eigenvalue weighted by atomic mass is 10.0. The molecule has 9 nitrogen and oxygen atoms in total. The Morgan fingerprint density at radius 2 is 0.859 bits per heavy atom. The second-order valence-corrected chi connectivity index (χ2v) is 22.9. The number of phosphoric ester groups is 1. The number of unbranched alkanes of at least 4 members (excludes halogenated alkanes) is 33. The molecular formula is C61H115N2O7P. The molecule has 10 heteroatoms. The summed E-state index contributed by atoms with van der Waals surface area (Å²) >= 11 is 0. The third-order valence-corrected chi connectivity index (χ3v) is 14.2. The van der Waals surface area contributed by atoms with Crippen molar-refractivity contribution in [3.05, 3.63) is 48.6 Å². The van der Waals surface area contributed by atoms with Crippen molar-refractivity contribution < 1.29 is 37.3 Å². The number of likely N-dealkylation sites (N-methyl/N-ethyl adjacent to an activating group) is 1. The maximum absolute atomic E-state index is 13.5. The van der Waals surface area contributed by atoms with Crippen LogP contribution in [0.5, 0.6) is 0 Å². The van der Waals surface area contributed by atoms with Crippen LogP contribution >= 0.6 is 7.82 Å². The van der Waals surface area contributed by atoms with Crippen molar-refractivity contribution >= 4 is 19.7 Å². The zero-order valence-corrected chi connectivity index (χ0v) is 48.3. The Hall–Kier alpha value is -2.03. The summed E-state index contributed by atoms with van der Waals surface area (Å²) in [7, 11) is 1.18. The Labute approximate surface area is 439 Å². The number of ether oxygens (including phenoxy) is 1. The van der Waals surface area contributed by atoms with Gasteiger partial charge in [-0.25, -0.2) is 0 Å². The van der Waals surface area contributed by atoms with Gasteiger partial charge in [0.1, 0.15) is 19.3 Å². The molecule has 0 aromatic carbocycles. The average molecular weight is 1020 g/mol. The zero-order valence-electron chi connectivity index (χ0n) is 47.4. The SMILES string of the molecule is CCCCC/C=C/C=C/CCCCCCCCC(=O)OC(/C=C\CCCCCCCCCCC)C(COP(=O)([O-])OCC[N+](C)(C)C)NC(=O)CCCCCCCCCCC/C=C/CCCCCCCC. The summed E-state index contributed by atoms with van der Waals surface area (Å²) in [5.41, 5.74) is 0. The summed E-state index contributed by atoms with van der Waals surface area (Å²) in [6, 6.07) is -0.892. The summed E-state index contributed by atoms with van der Waals surface area (Å²) < 4.78 is 30.2. The Bertz CT molecular complexity index is 1360. The van der Waals surface area contributed by atoms with Gasteiger partial charge in [0.15, 0.2) is 0 Å². The van der Waals surface area contributed by atoms with Gasteiger partial charge in [0, 0.05) is 12.8 Å². The molecule has 1 amide bonds. The summed E-state index contributed by atoms with van der Waals surface area (Å²) in [5, 5.41) is 3.02. The highest BCUT2D eigenvalue weighted by atomic mass is 31.2. The van der Waals surface area contributed by atoms with Gasteiger partial charge in [-0.05, 0) is 83.1 Å². The number of carbonyl (C=O) groups excluding carboxylic acids is 2. The van der Waals surface area contributed by atoms with Crippen LogP contribution in [0.4, 0.5) is 0 Å². The molecule has 0 aromatic rings. The largest absolute Gasteiger partial charge is 0.756 e. The lowest BCUT2D eigenvalue weighted by molar-refractivity contribution is -0.870. The predicted octanol–water partition coefficient (Wildman–Crippen LogP) is 17.5. The Morgan fingerprint density at radius 1 is 0.493 bits per heavy atom. The third-order valence-electron chi connectivity index (χ3n) is 13.3. The molecule has 1 N–H and O–H groups in total. The number of allylic oxidation sites excluding steroid dienone is 7. The number of nitrogens with zero attached hydrogens (tertiary/aromatic N) is 1. The minimum Gasteiger partial charge on any atom is -0.756 e. The van der Waals surface area contributed by atoms with Crippen molar-refractivity contribution in [2.75, 3.05) is 40.9 Å². The van der Waals surface area contributed by atoms with Crippen LogP contribution in [0, 0.1) is 0 Å². The van der Waals surface area contributed by atoms with Crippen molar-refractivity contribution in [1.29, 1.82) is 0 Å². The third kappa shape index (κ3) is 52.6. The van der Waals surface area contributed by atoms with Crippen LogP contribution in [0.2, 0.25) is 0 Å². The molecule has 0 bridgehead atoms. The molecule has 416 valence electrons. The Morgan fingerprint density at radius 3 is 1.31 bits per heavy atom. The van der Waals surface area contributed by atoms with Crippen molar-refractivity contribution in [2.45, 2.75) is 290 Å². The zero-order chi connectivity index (χ0) is 52.2. The molecule has 0 fully saturated rings. The highest BCUT2D eigenvalue weighted by molar-refractivity contribution is 7.45. The lowest BCUT2D eigenvalue weighted by Crippen LogP contribution is -2.47. The molecule has 3 atom stereocenters. The minimum atomic E-state index is -4.70. The fraction of sp³-hybridized carbons (Fsp3) is 0.836. The molecule has 0 heterocycles. The van der Waals surface area contributed by atoms with Gasteiger partial charge in [-0.3, -0.25) is 14.2 Å². The second kappa shape index (κ2) is 51.5. The van der Waals surface area contributed by atoms with E-state index < -0.39 is 26.6 Å².